The summed E-state index contributed by atoms with van der Waals surface area (Å²) in [6, 6.07) is 10.0. The molecular formula is C18H13F4N3O2. The molecule has 0 fully saturated rings. The van der Waals surface area contributed by atoms with E-state index in [2.05, 4.69) is 10.3 Å². The summed E-state index contributed by atoms with van der Waals surface area (Å²) in [7, 11) is 0. The zero-order valence-electron chi connectivity index (χ0n) is 14.0. The summed E-state index contributed by atoms with van der Waals surface area (Å²) in [6.07, 6.45) is -4.48. The number of carbonyl (C=O) groups is 1. The maximum atomic E-state index is 13.3. The van der Waals surface area contributed by atoms with Crippen LogP contribution in [0, 0.1) is 12.7 Å². The number of alkyl halides is 3. The highest BCUT2D eigenvalue weighted by Crippen LogP contribution is 2.29. The van der Waals surface area contributed by atoms with Gasteiger partial charge < -0.3 is 4.74 Å². The lowest BCUT2D eigenvalue weighted by Gasteiger charge is -2.09. The first-order valence-electron chi connectivity index (χ1n) is 7.77. The van der Waals surface area contributed by atoms with E-state index in [0.29, 0.717) is 11.4 Å². The molecule has 0 amide bonds. The van der Waals surface area contributed by atoms with Crippen molar-refractivity contribution in [2.24, 2.45) is 0 Å². The average molecular weight is 379 g/mol. The fourth-order valence-electron chi connectivity index (χ4n) is 2.43. The van der Waals surface area contributed by atoms with E-state index in [1.54, 1.807) is 13.0 Å². The van der Waals surface area contributed by atoms with E-state index in [1.807, 2.05) is 0 Å². The standard InChI is InChI=1S/C18H13F4N3O2/c1-11-16(23-24-25(11)15-7-3-6-14(19)9-15)17(26)27-10-12-4-2-5-13(8-12)18(20,21)22/h2-9H,10H2,1H3. The van der Waals surface area contributed by atoms with Gasteiger partial charge in [0.1, 0.15) is 12.4 Å². The Morgan fingerprint density at radius 1 is 1.15 bits per heavy atom. The number of hydrogen-bond acceptors (Lipinski definition) is 4. The number of rotatable bonds is 4. The van der Waals surface area contributed by atoms with Crippen LogP contribution in [0.4, 0.5) is 17.6 Å². The minimum absolute atomic E-state index is 0.105. The number of aromatic nitrogens is 3. The van der Waals surface area contributed by atoms with Crippen LogP contribution in [0.15, 0.2) is 48.5 Å². The zero-order chi connectivity index (χ0) is 19.6. The largest absolute Gasteiger partial charge is 0.456 e. The Kier molecular flexibility index (Phi) is 4.93. The molecule has 0 saturated carbocycles. The van der Waals surface area contributed by atoms with Gasteiger partial charge in [-0.3, -0.25) is 0 Å². The van der Waals surface area contributed by atoms with Crippen LogP contribution in [0.5, 0.6) is 0 Å². The van der Waals surface area contributed by atoms with Gasteiger partial charge in [-0.05, 0) is 42.8 Å². The molecule has 0 unspecified atom stereocenters. The number of benzene rings is 2. The van der Waals surface area contributed by atoms with Crippen molar-refractivity contribution in [1.82, 2.24) is 15.0 Å². The molecule has 2 aromatic carbocycles. The lowest BCUT2D eigenvalue weighted by molar-refractivity contribution is -0.137. The maximum absolute atomic E-state index is 13.3. The zero-order valence-corrected chi connectivity index (χ0v) is 14.0. The van der Waals surface area contributed by atoms with Crippen LogP contribution in [0.25, 0.3) is 5.69 Å². The van der Waals surface area contributed by atoms with E-state index in [4.69, 9.17) is 4.74 Å². The van der Waals surface area contributed by atoms with E-state index < -0.39 is 23.5 Å². The van der Waals surface area contributed by atoms with Gasteiger partial charge in [0, 0.05) is 0 Å². The molecule has 5 nitrogen and oxygen atoms in total. The fraction of sp³-hybridized carbons (Fsp3) is 0.167. The third kappa shape index (κ3) is 4.13. The number of carbonyl (C=O) groups excluding carboxylic acids is 1. The quantitative estimate of drug-likeness (QED) is 0.506. The summed E-state index contributed by atoms with van der Waals surface area (Å²) in [5.74, 6) is -1.32. The van der Waals surface area contributed by atoms with Gasteiger partial charge in [-0.1, -0.05) is 23.4 Å². The molecule has 1 aromatic heterocycles. The van der Waals surface area contributed by atoms with Crippen LogP contribution in [-0.2, 0) is 17.5 Å². The van der Waals surface area contributed by atoms with E-state index in [0.717, 1.165) is 12.1 Å². The van der Waals surface area contributed by atoms with E-state index in [-0.39, 0.29) is 17.9 Å². The number of halogens is 4. The molecule has 0 aliphatic heterocycles. The molecule has 3 aromatic rings. The number of hydrogen-bond donors (Lipinski definition) is 0. The van der Waals surface area contributed by atoms with Gasteiger partial charge in [0.25, 0.3) is 0 Å². The molecule has 0 spiro atoms. The second kappa shape index (κ2) is 7.18. The predicted octanol–water partition coefficient (Wildman–Crippen LogP) is 4.09. The molecule has 1 heterocycles. The van der Waals surface area contributed by atoms with Crippen molar-refractivity contribution in [3.63, 3.8) is 0 Å². The van der Waals surface area contributed by atoms with Gasteiger partial charge in [-0.25, -0.2) is 13.9 Å². The first-order chi connectivity index (χ1) is 12.8. The summed E-state index contributed by atoms with van der Waals surface area (Å²) < 4.78 is 57.8. The topological polar surface area (TPSA) is 57.0 Å². The van der Waals surface area contributed by atoms with Crippen molar-refractivity contribution in [3.05, 3.63) is 76.9 Å². The number of ether oxygens (including phenoxy) is 1. The van der Waals surface area contributed by atoms with Crippen molar-refractivity contribution >= 4 is 5.97 Å². The Hall–Kier alpha value is -3.23. The molecule has 3 rings (SSSR count). The number of esters is 1. The molecule has 0 N–H and O–H groups in total. The summed E-state index contributed by atoms with van der Waals surface area (Å²) in [5, 5.41) is 7.53. The van der Waals surface area contributed by atoms with E-state index >= 15 is 0 Å². The average Bonchev–Trinajstić information content (AvgIpc) is 3.01. The van der Waals surface area contributed by atoms with Crippen LogP contribution >= 0.6 is 0 Å². The van der Waals surface area contributed by atoms with Crippen molar-refractivity contribution in [2.75, 3.05) is 0 Å². The molecule has 0 aliphatic carbocycles. The highest BCUT2D eigenvalue weighted by atomic mass is 19.4. The predicted molar refractivity (Wildman–Crippen MR) is 86.6 cm³/mol. The Morgan fingerprint density at radius 3 is 2.59 bits per heavy atom. The van der Waals surface area contributed by atoms with Crippen LogP contribution < -0.4 is 0 Å². The van der Waals surface area contributed by atoms with Crippen LogP contribution in [0.1, 0.15) is 27.3 Å². The Labute approximate surface area is 151 Å². The SMILES string of the molecule is Cc1c(C(=O)OCc2cccc(C(F)(F)F)c2)nnn1-c1cccc(F)c1. The van der Waals surface area contributed by atoms with Crippen molar-refractivity contribution in [1.29, 1.82) is 0 Å². The summed E-state index contributed by atoms with van der Waals surface area (Å²) in [5.41, 5.74) is -0.0598. The van der Waals surface area contributed by atoms with E-state index in [9.17, 15) is 22.4 Å². The molecule has 0 saturated heterocycles. The van der Waals surface area contributed by atoms with Gasteiger partial charge in [0.05, 0.1) is 16.9 Å². The van der Waals surface area contributed by atoms with Crippen molar-refractivity contribution in [2.45, 2.75) is 19.7 Å². The third-order valence-electron chi connectivity index (χ3n) is 3.76. The second-order valence-corrected chi connectivity index (χ2v) is 5.69. The minimum Gasteiger partial charge on any atom is -0.456 e. The maximum Gasteiger partial charge on any atom is 0.416 e. The third-order valence-corrected chi connectivity index (χ3v) is 3.76. The van der Waals surface area contributed by atoms with Crippen LogP contribution in [0.2, 0.25) is 0 Å². The highest BCUT2D eigenvalue weighted by Gasteiger charge is 2.30. The summed E-state index contributed by atoms with van der Waals surface area (Å²) in [6.45, 7) is 1.20. The highest BCUT2D eigenvalue weighted by molar-refractivity contribution is 5.88. The van der Waals surface area contributed by atoms with Gasteiger partial charge in [0.15, 0.2) is 5.69 Å². The summed E-state index contributed by atoms with van der Waals surface area (Å²) in [4.78, 5) is 12.2. The van der Waals surface area contributed by atoms with Crippen LogP contribution in [-0.4, -0.2) is 21.0 Å². The molecule has 140 valence electrons. The molecule has 27 heavy (non-hydrogen) atoms. The van der Waals surface area contributed by atoms with Crippen LogP contribution in [0.3, 0.4) is 0 Å². The fourth-order valence-corrected chi connectivity index (χ4v) is 2.43. The van der Waals surface area contributed by atoms with Gasteiger partial charge in [-0.2, -0.15) is 13.2 Å². The van der Waals surface area contributed by atoms with Gasteiger partial charge >= 0.3 is 12.1 Å². The molecule has 0 atom stereocenters. The lowest BCUT2D eigenvalue weighted by atomic mass is 10.1. The monoisotopic (exact) mass is 379 g/mol. The van der Waals surface area contributed by atoms with Crippen molar-refractivity contribution in [3.8, 4) is 5.69 Å². The number of nitrogens with zero attached hydrogens (tertiary/aromatic N) is 3. The Balaban J connectivity index is 1.74. The lowest BCUT2D eigenvalue weighted by Crippen LogP contribution is -2.09. The molecule has 0 bridgehead atoms. The smallest absolute Gasteiger partial charge is 0.416 e. The summed E-state index contributed by atoms with van der Waals surface area (Å²) >= 11 is 0. The minimum atomic E-state index is -4.48. The second-order valence-electron chi connectivity index (χ2n) is 5.69. The molecule has 0 radical (unpaired) electrons. The normalized spacial score (nSPS) is 11.4. The Morgan fingerprint density at radius 2 is 1.89 bits per heavy atom. The van der Waals surface area contributed by atoms with Gasteiger partial charge in [0.2, 0.25) is 0 Å². The molecule has 0 aliphatic rings. The van der Waals surface area contributed by atoms with E-state index in [1.165, 1.54) is 35.0 Å². The van der Waals surface area contributed by atoms with Crippen molar-refractivity contribution < 1.29 is 27.1 Å². The molecule has 9 heteroatoms. The molecular weight excluding hydrogens is 366 g/mol. The first kappa shape index (κ1) is 18.6. The Bertz CT molecular complexity index is 983. The van der Waals surface area contributed by atoms with Gasteiger partial charge in [-0.15, -0.1) is 5.10 Å². The first-order valence-corrected chi connectivity index (χ1v) is 7.77.